The minimum Gasteiger partial charge on any atom is -0.444 e. The molecule has 8 nitrogen and oxygen atoms in total. The number of likely N-dealkylation sites (tertiary alicyclic amines) is 2. The lowest BCUT2D eigenvalue weighted by Gasteiger charge is -2.37. The number of halogens is 1. The van der Waals surface area contributed by atoms with Crippen molar-refractivity contribution in [1.82, 2.24) is 20.4 Å². The fourth-order valence-electron chi connectivity index (χ4n) is 3.70. The molecular weight excluding hydrogens is 485 g/mol. The zero-order valence-electron chi connectivity index (χ0n) is 18.5. The van der Waals surface area contributed by atoms with Gasteiger partial charge in [-0.3, -0.25) is 9.79 Å². The molecule has 2 rings (SSSR count). The third-order valence-electron chi connectivity index (χ3n) is 5.17. The molecule has 29 heavy (non-hydrogen) atoms. The fraction of sp³-hybridized carbons (Fsp3) is 0.850. The van der Waals surface area contributed by atoms with Crippen LogP contribution in [0.5, 0.6) is 0 Å². The molecule has 2 aliphatic rings. The largest absolute Gasteiger partial charge is 0.444 e. The van der Waals surface area contributed by atoms with E-state index in [0.717, 1.165) is 38.8 Å². The lowest BCUT2D eigenvalue weighted by Crippen LogP contribution is -2.53. The molecule has 0 aromatic heterocycles. The van der Waals surface area contributed by atoms with Gasteiger partial charge in [0.05, 0.1) is 6.04 Å². The number of carbonyl (C=O) groups is 2. The Morgan fingerprint density at radius 3 is 2.52 bits per heavy atom. The second kappa shape index (κ2) is 11.8. The predicted octanol–water partition coefficient (Wildman–Crippen LogP) is 2.57. The Bertz CT molecular complexity index is 579. The van der Waals surface area contributed by atoms with E-state index in [1.165, 1.54) is 0 Å². The molecule has 168 valence electrons. The van der Waals surface area contributed by atoms with Crippen LogP contribution in [-0.4, -0.2) is 78.7 Å². The number of hydrogen-bond acceptors (Lipinski definition) is 4. The molecule has 2 atom stereocenters. The van der Waals surface area contributed by atoms with Gasteiger partial charge in [0.2, 0.25) is 5.91 Å². The molecule has 2 aliphatic heterocycles. The second-order valence-electron chi connectivity index (χ2n) is 8.60. The summed E-state index contributed by atoms with van der Waals surface area (Å²) in [7, 11) is 1.74. The molecule has 2 fully saturated rings. The number of guanidine groups is 1. The highest BCUT2D eigenvalue weighted by Gasteiger charge is 2.31. The number of amides is 2. The highest BCUT2D eigenvalue weighted by atomic mass is 127. The fourth-order valence-corrected chi connectivity index (χ4v) is 3.70. The van der Waals surface area contributed by atoms with Gasteiger partial charge in [0.25, 0.3) is 0 Å². The van der Waals surface area contributed by atoms with Crippen molar-refractivity contribution in [2.24, 2.45) is 4.99 Å². The quantitative estimate of drug-likeness (QED) is 0.336. The summed E-state index contributed by atoms with van der Waals surface area (Å²) >= 11 is 0. The molecule has 0 radical (unpaired) electrons. The third-order valence-corrected chi connectivity index (χ3v) is 5.17. The van der Waals surface area contributed by atoms with Gasteiger partial charge in [-0.05, 0) is 46.5 Å². The van der Waals surface area contributed by atoms with Crippen LogP contribution in [0, 0.1) is 0 Å². The van der Waals surface area contributed by atoms with Gasteiger partial charge >= 0.3 is 6.09 Å². The van der Waals surface area contributed by atoms with E-state index in [1.807, 2.05) is 37.5 Å². The van der Waals surface area contributed by atoms with Crippen molar-refractivity contribution < 1.29 is 14.3 Å². The van der Waals surface area contributed by atoms with Crippen molar-refractivity contribution in [3.05, 3.63) is 0 Å². The monoisotopic (exact) mass is 523 g/mol. The third kappa shape index (κ3) is 8.18. The minimum absolute atomic E-state index is 0. The molecule has 2 saturated heterocycles. The Kier molecular flexibility index (Phi) is 10.5. The van der Waals surface area contributed by atoms with E-state index in [2.05, 4.69) is 15.6 Å². The first-order valence-electron chi connectivity index (χ1n) is 10.5. The van der Waals surface area contributed by atoms with Gasteiger partial charge in [-0.15, -0.1) is 24.0 Å². The first-order valence-corrected chi connectivity index (χ1v) is 10.5. The lowest BCUT2D eigenvalue weighted by molar-refractivity contribution is -0.129. The molecule has 0 bridgehead atoms. The van der Waals surface area contributed by atoms with Crippen LogP contribution in [-0.2, 0) is 9.53 Å². The van der Waals surface area contributed by atoms with Crippen molar-refractivity contribution in [2.75, 3.05) is 33.2 Å². The standard InChI is InChI=1S/C20H37N5O3.HI/c1-6-17(26)24-12-10-15(14-24)23-18(21-5)22-13-16-9-7-8-11-25(16)19(27)28-20(2,3)4;/h15-16H,6-14H2,1-5H3,(H2,21,22,23);1H. The normalized spacial score (nSPS) is 22.7. The van der Waals surface area contributed by atoms with Crippen LogP contribution in [0.4, 0.5) is 4.79 Å². The molecule has 2 heterocycles. The molecular formula is C20H38IN5O3. The summed E-state index contributed by atoms with van der Waals surface area (Å²) in [6, 6.07) is 0.291. The van der Waals surface area contributed by atoms with Crippen LogP contribution in [0.2, 0.25) is 0 Å². The maximum Gasteiger partial charge on any atom is 0.410 e. The van der Waals surface area contributed by atoms with Crippen LogP contribution in [0.3, 0.4) is 0 Å². The number of piperidine rings is 1. The van der Waals surface area contributed by atoms with Crippen molar-refractivity contribution in [3.63, 3.8) is 0 Å². The number of rotatable bonds is 4. The second-order valence-corrected chi connectivity index (χ2v) is 8.60. The smallest absolute Gasteiger partial charge is 0.410 e. The van der Waals surface area contributed by atoms with E-state index >= 15 is 0 Å². The zero-order valence-corrected chi connectivity index (χ0v) is 20.8. The van der Waals surface area contributed by atoms with E-state index in [-0.39, 0.29) is 48.1 Å². The molecule has 0 aromatic rings. The molecule has 2 amide bonds. The Labute approximate surface area is 192 Å². The highest BCUT2D eigenvalue weighted by molar-refractivity contribution is 14.0. The van der Waals surface area contributed by atoms with Crippen LogP contribution >= 0.6 is 24.0 Å². The van der Waals surface area contributed by atoms with Gasteiger partial charge < -0.3 is 25.2 Å². The molecule has 2 N–H and O–H groups in total. The number of carbonyl (C=O) groups excluding carboxylic acids is 2. The Balaban J connectivity index is 0.00000420. The van der Waals surface area contributed by atoms with E-state index < -0.39 is 5.60 Å². The summed E-state index contributed by atoms with van der Waals surface area (Å²) in [6.07, 6.45) is 4.28. The first-order chi connectivity index (χ1) is 13.2. The Morgan fingerprint density at radius 2 is 1.90 bits per heavy atom. The van der Waals surface area contributed by atoms with Gasteiger partial charge in [0.1, 0.15) is 5.60 Å². The summed E-state index contributed by atoms with van der Waals surface area (Å²) < 4.78 is 5.57. The summed E-state index contributed by atoms with van der Waals surface area (Å²) in [5.74, 6) is 0.910. The van der Waals surface area contributed by atoms with E-state index in [9.17, 15) is 9.59 Å². The Hall–Kier alpha value is -1.26. The lowest BCUT2D eigenvalue weighted by atomic mass is 10.0. The zero-order chi connectivity index (χ0) is 20.7. The average molecular weight is 523 g/mol. The summed E-state index contributed by atoms with van der Waals surface area (Å²) in [5.41, 5.74) is -0.492. The van der Waals surface area contributed by atoms with E-state index in [0.29, 0.717) is 25.5 Å². The van der Waals surface area contributed by atoms with Gasteiger partial charge in [-0.25, -0.2) is 4.79 Å². The Morgan fingerprint density at radius 1 is 1.17 bits per heavy atom. The number of aliphatic imine (C=N–C) groups is 1. The predicted molar refractivity (Wildman–Crippen MR) is 126 cm³/mol. The minimum atomic E-state index is -0.492. The molecule has 2 unspecified atom stereocenters. The molecule has 0 aliphatic carbocycles. The average Bonchev–Trinajstić information content (AvgIpc) is 3.11. The van der Waals surface area contributed by atoms with E-state index in [1.54, 1.807) is 7.05 Å². The van der Waals surface area contributed by atoms with Gasteiger partial charge in [0, 0.05) is 45.7 Å². The number of nitrogens with one attached hydrogen (secondary N) is 2. The summed E-state index contributed by atoms with van der Waals surface area (Å²) in [6.45, 7) is 10.4. The number of hydrogen-bond donors (Lipinski definition) is 2. The maximum atomic E-state index is 12.5. The van der Waals surface area contributed by atoms with Gasteiger partial charge in [0.15, 0.2) is 5.96 Å². The molecule has 0 aromatic carbocycles. The van der Waals surface area contributed by atoms with Crippen molar-refractivity contribution in [2.45, 2.75) is 77.5 Å². The molecule has 0 saturated carbocycles. The first kappa shape index (κ1) is 25.8. The number of ether oxygens (including phenoxy) is 1. The summed E-state index contributed by atoms with van der Waals surface area (Å²) in [5, 5.41) is 6.76. The SMILES string of the molecule is CCC(=O)N1CCC(NC(=NC)NCC2CCCCN2C(=O)OC(C)(C)C)C1.I. The van der Waals surface area contributed by atoms with Gasteiger partial charge in [-0.2, -0.15) is 0 Å². The number of nitrogens with zero attached hydrogens (tertiary/aromatic N) is 3. The van der Waals surface area contributed by atoms with Crippen LogP contribution in [0.15, 0.2) is 4.99 Å². The highest BCUT2D eigenvalue weighted by Crippen LogP contribution is 2.20. The van der Waals surface area contributed by atoms with Crippen LogP contribution in [0.25, 0.3) is 0 Å². The van der Waals surface area contributed by atoms with Crippen molar-refractivity contribution in [3.8, 4) is 0 Å². The van der Waals surface area contributed by atoms with Crippen molar-refractivity contribution >= 4 is 41.9 Å². The van der Waals surface area contributed by atoms with Crippen LogP contribution < -0.4 is 10.6 Å². The van der Waals surface area contributed by atoms with Crippen LogP contribution in [0.1, 0.15) is 59.8 Å². The maximum absolute atomic E-state index is 12.5. The molecule has 0 spiro atoms. The van der Waals surface area contributed by atoms with Crippen molar-refractivity contribution in [1.29, 1.82) is 0 Å². The molecule has 9 heteroatoms. The topological polar surface area (TPSA) is 86.3 Å². The summed E-state index contributed by atoms with van der Waals surface area (Å²) in [4.78, 5) is 32.4. The van der Waals surface area contributed by atoms with E-state index in [4.69, 9.17) is 4.74 Å². The van der Waals surface area contributed by atoms with Gasteiger partial charge in [-0.1, -0.05) is 6.92 Å².